The monoisotopic (exact) mass is 443 g/mol. The van der Waals surface area contributed by atoms with Crippen molar-refractivity contribution in [3.05, 3.63) is 30.0 Å². The number of benzene rings is 1. The molecule has 0 bridgehead atoms. The Kier molecular flexibility index (Phi) is 6.28. The molecule has 1 aromatic heterocycles. The molecule has 2 aliphatic heterocycles. The molecular weight excluding hydrogens is 410 g/mol. The lowest BCUT2D eigenvalue weighted by atomic mass is 9.71. The van der Waals surface area contributed by atoms with Gasteiger partial charge in [-0.1, -0.05) is 13.8 Å². The standard InChI is InChI=1S/C23H33N5O4/c1-15(2)20-25-26-21(32-20)17-13-27(3)14-23(17)8-10-28(11-9-23)22(29)24-18-7-6-16(30-4)12-19(18)31-5/h6-7,12,15,17H,8-11,13-14H2,1-5H3,(H,24,29)/t17-/m1/s1. The van der Waals surface area contributed by atoms with Crippen molar-refractivity contribution in [2.75, 3.05) is 52.8 Å². The van der Waals surface area contributed by atoms with Crippen LogP contribution in [0.15, 0.2) is 22.6 Å². The van der Waals surface area contributed by atoms with Crippen LogP contribution in [0.1, 0.15) is 50.3 Å². The number of nitrogens with one attached hydrogen (secondary N) is 1. The SMILES string of the molecule is COc1ccc(NC(=O)N2CCC3(CC2)CN(C)C[C@@H]3c2nnc(C(C)C)o2)c(OC)c1. The van der Waals surface area contributed by atoms with E-state index in [0.29, 0.717) is 36.2 Å². The highest BCUT2D eigenvalue weighted by molar-refractivity contribution is 5.91. The number of carbonyl (C=O) groups is 1. The molecule has 9 heteroatoms. The molecule has 0 aliphatic carbocycles. The number of nitrogens with zero attached hydrogens (tertiary/aromatic N) is 4. The van der Waals surface area contributed by atoms with E-state index in [9.17, 15) is 4.79 Å². The Morgan fingerprint density at radius 3 is 2.59 bits per heavy atom. The molecule has 0 unspecified atom stereocenters. The minimum atomic E-state index is -0.119. The maximum atomic E-state index is 13.0. The molecule has 32 heavy (non-hydrogen) atoms. The van der Waals surface area contributed by atoms with E-state index in [1.54, 1.807) is 32.4 Å². The second kappa shape index (κ2) is 8.97. The van der Waals surface area contributed by atoms with Gasteiger partial charge in [0.2, 0.25) is 11.8 Å². The number of amides is 2. The number of anilines is 1. The Hall–Kier alpha value is -2.81. The molecule has 3 heterocycles. The van der Waals surface area contributed by atoms with Gasteiger partial charge < -0.3 is 29.0 Å². The predicted molar refractivity (Wildman–Crippen MR) is 120 cm³/mol. The van der Waals surface area contributed by atoms with Crippen molar-refractivity contribution < 1.29 is 18.7 Å². The molecule has 0 radical (unpaired) electrons. The Morgan fingerprint density at radius 1 is 1.22 bits per heavy atom. The van der Waals surface area contributed by atoms with Gasteiger partial charge in [-0.3, -0.25) is 0 Å². The maximum Gasteiger partial charge on any atom is 0.321 e. The summed E-state index contributed by atoms with van der Waals surface area (Å²) in [6.07, 6.45) is 1.79. The van der Waals surface area contributed by atoms with Crippen LogP contribution in [0.3, 0.4) is 0 Å². The third-order valence-electron chi connectivity index (χ3n) is 6.76. The van der Waals surface area contributed by atoms with E-state index >= 15 is 0 Å². The number of likely N-dealkylation sites (N-methyl/N-ethyl adjacent to an activating group) is 1. The van der Waals surface area contributed by atoms with Crippen LogP contribution in [0.4, 0.5) is 10.5 Å². The smallest absolute Gasteiger partial charge is 0.321 e. The lowest BCUT2D eigenvalue weighted by Gasteiger charge is -2.41. The predicted octanol–water partition coefficient (Wildman–Crippen LogP) is 3.55. The van der Waals surface area contributed by atoms with Gasteiger partial charge in [0.25, 0.3) is 0 Å². The van der Waals surface area contributed by atoms with Gasteiger partial charge in [0.05, 0.1) is 25.8 Å². The molecule has 1 N–H and O–H groups in total. The number of carbonyl (C=O) groups excluding carboxylic acids is 1. The van der Waals surface area contributed by atoms with Crippen LogP contribution < -0.4 is 14.8 Å². The number of rotatable bonds is 5. The highest BCUT2D eigenvalue weighted by atomic mass is 16.5. The van der Waals surface area contributed by atoms with Crippen LogP contribution >= 0.6 is 0 Å². The van der Waals surface area contributed by atoms with Crippen molar-refractivity contribution in [2.24, 2.45) is 5.41 Å². The fraction of sp³-hybridized carbons (Fsp3) is 0.609. The lowest BCUT2D eigenvalue weighted by molar-refractivity contribution is 0.110. The van der Waals surface area contributed by atoms with Crippen molar-refractivity contribution in [3.63, 3.8) is 0 Å². The first-order valence-electron chi connectivity index (χ1n) is 11.1. The summed E-state index contributed by atoms with van der Waals surface area (Å²) < 4.78 is 16.7. The van der Waals surface area contributed by atoms with Gasteiger partial charge in [-0.15, -0.1) is 10.2 Å². The zero-order valence-corrected chi connectivity index (χ0v) is 19.6. The average molecular weight is 444 g/mol. The number of piperidine rings is 1. The quantitative estimate of drug-likeness (QED) is 0.755. The van der Waals surface area contributed by atoms with Crippen molar-refractivity contribution in [1.29, 1.82) is 0 Å². The number of likely N-dealkylation sites (tertiary alicyclic amines) is 2. The number of aromatic nitrogens is 2. The largest absolute Gasteiger partial charge is 0.497 e. The Morgan fingerprint density at radius 2 is 1.97 bits per heavy atom. The zero-order valence-electron chi connectivity index (χ0n) is 19.6. The molecular formula is C23H33N5O4. The van der Waals surface area contributed by atoms with Crippen LogP contribution in [-0.2, 0) is 0 Å². The molecule has 2 amide bonds. The third kappa shape index (κ3) is 4.26. The summed E-state index contributed by atoms with van der Waals surface area (Å²) >= 11 is 0. The van der Waals surface area contributed by atoms with E-state index in [1.807, 2.05) is 4.90 Å². The molecule has 9 nitrogen and oxygen atoms in total. The fourth-order valence-corrected chi connectivity index (χ4v) is 4.94. The van der Waals surface area contributed by atoms with E-state index in [4.69, 9.17) is 13.9 Å². The summed E-state index contributed by atoms with van der Waals surface area (Å²) in [6, 6.07) is 5.24. The number of urea groups is 1. The van der Waals surface area contributed by atoms with Gasteiger partial charge >= 0.3 is 6.03 Å². The van der Waals surface area contributed by atoms with Crippen molar-refractivity contribution in [3.8, 4) is 11.5 Å². The number of hydrogen-bond donors (Lipinski definition) is 1. The minimum Gasteiger partial charge on any atom is -0.497 e. The van der Waals surface area contributed by atoms with Crippen molar-refractivity contribution in [2.45, 2.75) is 38.5 Å². The molecule has 174 valence electrons. The van der Waals surface area contributed by atoms with E-state index in [1.165, 1.54) is 0 Å². The second-order valence-corrected chi connectivity index (χ2v) is 9.23. The summed E-state index contributed by atoms with van der Waals surface area (Å²) in [5.74, 6) is 3.08. The van der Waals surface area contributed by atoms with Gasteiger partial charge in [0, 0.05) is 38.2 Å². The van der Waals surface area contributed by atoms with Gasteiger partial charge in [0.15, 0.2) is 0 Å². The minimum absolute atomic E-state index is 0.0457. The molecule has 0 saturated carbocycles. The Labute approximate surface area is 189 Å². The summed E-state index contributed by atoms with van der Waals surface area (Å²) in [6.45, 7) is 7.35. The van der Waals surface area contributed by atoms with Crippen LogP contribution in [0.5, 0.6) is 11.5 Å². The first kappa shape index (κ1) is 22.4. The Balaban J connectivity index is 1.44. The summed E-state index contributed by atoms with van der Waals surface area (Å²) in [4.78, 5) is 17.2. The van der Waals surface area contributed by atoms with E-state index < -0.39 is 0 Å². The number of ether oxygens (including phenoxy) is 2. The van der Waals surface area contributed by atoms with E-state index in [-0.39, 0.29) is 23.3 Å². The average Bonchev–Trinajstić information content (AvgIpc) is 3.39. The van der Waals surface area contributed by atoms with Crippen LogP contribution in [0.2, 0.25) is 0 Å². The summed E-state index contributed by atoms with van der Waals surface area (Å²) in [5.41, 5.74) is 0.675. The normalized spacial score (nSPS) is 20.7. The van der Waals surface area contributed by atoms with E-state index in [0.717, 1.165) is 31.8 Å². The summed E-state index contributed by atoms with van der Waals surface area (Å²) in [7, 11) is 5.31. The van der Waals surface area contributed by atoms with Gasteiger partial charge in [0.1, 0.15) is 11.5 Å². The molecule has 2 aliphatic rings. The van der Waals surface area contributed by atoms with Crippen LogP contribution in [0, 0.1) is 5.41 Å². The molecule has 2 aromatic rings. The molecule has 2 fully saturated rings. The topological polar surface area (TPSA) is 93.0 Å². The number of methoxy groups -OCH3 is 2. The van der Waals surface area contributed by atoms with Gasteiger partial charge in [-0.2, -0.15) is 0 Å². The maximum absolute atomic E-state index is 13.0. The third-order valence-corrected chi connectivity index (χ3v) is 6.76. The van der Waals surface area contributed by atoms with Gasteiger partial charge in [-0.25, -0.2) is 4.79 Å². The summed E-state index contributed by atoms with van der Waals surface area (Å²) in [5, 5.41) is 11.6. The first-order valence-corrected chi connectivity index (χ1v) is 11.1. The lowest BCUT2D eigenvalue weighted by Crippen LogP contribution is -2.47. The second-order valence-electron chi connectivity index (χ2n) is 9.23. The van der Waals surface area contributed by atoms with Crippen molar-refractivity contribution in [1.82, 2.24) is 20.0 Å². The van der Waals surface area contributed by atoms with E-state index in [2.05, 4.69) is 41.3 Å². The highest BCUT2D eigenvalue weighted by Crippen LogP contribution is 2.49. The molecule has 4 rings (SSSR count). The van der Waals surface area contributed by atoms with Crippen LogP contribution in [-0.4, -0.2) is 73.5 Å². The van der Waals surface area contributed by atoms with Crippen LogP contribution in [0.25, 0.3) is 0 Å². The highest BCUT2D eigenvalue weighted by Gasteiger charge is 2.50. The molecule has 1 aromatic carbocycles. The zero-order chi connectivity index (χ0) is 22.9. The molecule has 1 atom stereocenters. The van der Waals surface area contributed by atoms with Gasteiger partial charge in [-0.05, 0) is 37.4 Å². The fourth-order valence-electron chi connectivity index (χ4n) is 4.94. The van der Waals surface area contributed by atoms with Crippen molar-refractivity contribution >= 4 is 11.7 Å². The molecule has 1 spiro atoms. The first-order chi connectivity index (χ1) is 15.3. The number of hydrogen-bond acceptors (Lipinski definition) is 7. The Bertz CT molecular complexity index is 952. The molecule has 2 saturated heterocycles.